The molecule has 2 saturated carbocycles. The Morgan fingerprint density at radius 2 is 1.90 bits per heavy atom. The van der Waals surface area contributed by atoms with E-state index in [-0.39, 0.29) is 35.2 Å². The quantitative estimate of drug-likeness (QED) is 0.712. The monoisotopic (exact) mass is 437 g/mol. The first-order valence-corrected chi connectivity index (χ1v) is 12.9. The summed E-state index contributed by atoms with van der Waals surface area (Å²) in [5.74, 6) is 0.330. The predicted octanol–water partition coefficient (Wildman–Crippen LogP) is 2.75. The molecule has 4 rings (SSSR count). The number of hydrogen-bond donors (Lipinski definition) is 1. The van der Waals surface area contributed by atoms with Gasteiger partial charge in [0, 0.05) is 31.4 Å². The second-order valence-electron chi connectivity index (χ2n) is 9.45. The van der Waals surface area contributed by atoms with Gasteiger partial charge in [-0.25, -0.2) is 17.6 Å². The Balaban J connectivity index is 1.55. The average Bonchev–Trinajstić information content (AvgIpc) is 3.49. The van der Waals surface area contributed by atoms with Crippen LogP contribution in [0.1, 0.15) is 44.1 Å². The van der Waals surface area contributed by atoms with Crippen molar-refractivity contribution in [3.8, 4) is 0 Å². The number of nitrogens with zero attached hydrogens (tertiary/aromatic N) is 2. The van der Waals surface area contributed by atoms with Crippen LogP contribution >= 0.6 is 0 Å². The third-order valence-corrected chi connectivity index (χ3v) is 8.24. The van der Waals surface area contributed by atoms with E-state index >= 15 is 0 Å². The summed E-state index contributed by atoms with van der Waals surface area (Å²) in [5.41, 5.74) is 0.388. The van der Waals surface area contributed by atoms with Crippen LogP contribution in [-0.4, -0.2) is 68.5 Å². The van der Waals surface area contributed by atoms with E-state index in [1.807, 2.05) is 18.0 Å². The molecule has 1 N–H and O–H groups in total. The molecular formula is C22H32FN3O3S. The van der Waals surface area contributed by atoms with Gasteiger partial charge in [0.1, 0.15) is 15.7 Å². The largest absolute Gasteiger partial charge is 0.321 e. The van der Waals surface area contributed by atoms with Gasteiger partial charge in [-0.2, -0.15) is 0 Å². The van der Waals surface area contributed by atoms with Gasteiger partial charge >= 0.3 is 6.03 Å². The molecule has 8 heteroatoms. The van der Waals surface area contributed by atoms with Gasteiger partial charge in [-0.3, -0.25) is 0 Å². The van der Waals surface area contributed by atoms with Gasteiger partial charge < -0.3 is 15.1 Å². The number of carbonyl (C=O) groups excluding carboxylic acids is 1. The molecule has 1 heterocycles. The average molecular weight is 438 g/mol. The summed E-state index contributed by atoms with van der Waals surface area (Å²) in [6, 6.07) is 6.77. The number of benzene rings is 1. The molecular weight excluding hydrogens is 405 g/mol. The number of nitrogens with one attached hydrogen (secondary N) is 1. The second kappa shape index (κ2) is 7.79. The minimum Gasteiger partial charge on any atom is -0.321 e. The highest BCUT2D eigenvalue weighted by molar-refractivity contribution is 7.90. The zero-order valence-corrected chi connectivity index (χ0v) is 18.7. The normalized spacial score (nSPS) is 29.8. The molecule has 0 aromatic heterocycles. The van der Waals surface area contributed by atoms with Gasteiger partial charge in [0.25, 0.3) is 0 Å². The van der Waals surface area contributed by atoms with Crippen molar-refractivity contribution < 1.29 is 17.6 Å². The van der Waals surface area contributed by atoms with E-state index < -0.39 is 9.84 Å². The topological polar surface area (TPSA) is 69.7 Å². The molecule has 1 aromatic carbocycles. The van der Waals surface area contributed by atoms with Crippen molar-refractivity contribution in [3.05, 3.63) is 35.6 Å². The molecule has 1 saturated heterocycles. The predicted molar refractivity (Wildman–Crippen MR) is 114 cm³/mol. The summed E-state index contributed by atoms with van der Waals surface area (Å²) < 4.78 is 37.2. The minimum atomic E-state index is -3.13. The van der Waals surface area contributed by atoms with Crippen LogP contribution in [-0.2, 0) is 15.4 Å². The SMILES string of the molecule is CNC1(c2cccc(F)c2)CCC2(CC1)CN(CCS(C)(=O)=O)C(=O)N2CC1CC1. The Bertz CT molecular complexity index is 908. The summed E-state index contributed by atoms with van der Waals surface area (Å²) in [6.07, 6.45) is 6.78. The highest BCUT2D eigenvalue weighted by Crippen LogP contribution is 2.48. The molecule has 0 bridgehead atoms. The number of hydrogen-bond acceptors (Lipinski definition) is 4. The van der Waals surface area contributed by atoms with Crippen LogP contribution in [0.4, 0.5) is 9.18 Å². The van der Waals surface area contributed by atoms with E-state index in [1.54, 1.807) is 17.0 Å². The van der Waals surface area contributed by atoms with Crippen molar-refractivity contribution in [2.45, 2.75) is 49.6 Å². The van der Waals surface area contributed by atoms with Crippen LogP contribution in [0.2, 0.25) is 0 Å². The van der Waals surface area contributed by atoms with Crippen LogP contribution < -0.4 is 5.32 Å². The van der Waals surface area contributed by atoms with Gasteiger partial charge in [0.2, 0.25) is 0 Å². The molecule has 0 radical (unpaired) electrons. The number of urea groups is 1. The van der Waals surface area contributed by atoms with E-state index in [1.165, 1.54) is 12.3 Å². The molecule has 1 aliphatic heterocycles. The maximum Gasteiger partial charge on any atom is 0.320 e. The summed E-state index contributed by atoms with van der Waals surface area (Å²) in [7, 11) is -1.21. The number of carbonyl (C=O) groups is 1. The summed E-state index contributed by atoms with van der Waals surface area (Å²) in [5, 5.41) is 3.44. The fourth-order valence-corrected chi connectivity index (χ4v) is 5.75. The first-order valence-electron chi connectivity index (χ1n) is 10.9. The standard InChI is InChI=1S/C22H32FN3O3S/c1-24-22(18-4-3-5-19(23)14-18)10-8-21(9-11-22)16-25(12-13-30(2,28)29)20(27)26(21)15-17-6-7-17/h3-5,14,17,24H,6-13,15-16H2,1-2H3. The lowest BCUT2D eigenvalue weighted by atomic mass is 9.69. The molecule has 30 heavy (non-hydrogen) atoms. The Hall–Kier alpha value is -1.67. The van der Waals surface area contributed by atoms with Crippen LogP contribution in [0.5, 0.6) is 0 Å². The number of sulfone groups is 1. The van der Waals surface area contributed by atoms with Crippen molar-refractivity contribution in [3.63, 3.8) is 0 Å². The van der Waals surface area contributed by atoms with Gasteiger partial charge in [0.05, 0.1) is 11.3 Å². The van der Waals surface area contributed by atoms with Crippen molar-refractivity contribution in [1.82, 2.24) is 15.1 Å². The molecule has 3 aliphatic rings. The Labute approximate surface area is 178 Å². The maximum absolute atomic E-state index is 13.9. The summed E-state index contributed by atoms with van der Waals surface area (Å²) in [4.78, 5) is 17.0. The fourth-order valence-electron chi connectivity index (χ4n) is 5.20. The fraction of sp³-hybridized carbons (Fsp3) is 0.682. The molecule has 2 amide bonds. The van der Waals surface area contributed by atoms with E-state index in [0.29, 0.717) is 12.5 Å². The van der Waals surface area contributed by atoms with E-state index in [2.05, 4.69) is 5.32 Å². The molecule has 0 unspecified atom stereocenters. The van der Waals surface area contributed by atoms with Crippen molar-refractivity contribution >= 4 is 15.9 Å². The molecule has 6 nitrogen and oxygen atoms in total. The molecule has 0 atom stereocenters. The highest BCUT2D eigenvalue weighted by Gasteiger charge is 2.54. The highest BCUT2D eigenvalue weighted by atomic mass is 32.2. The first-order chi connectivity index (χ1) is 14.2. The minimum absolute atomic E-state index is 0.00413. The van der Waals surface area contributed by atoms with Crippen molar-refractivity contribution in [2.75, 3.05) is 38.7 Å². The van der Waals surface area contributed by atoms with E-state index in [4.69, 9.17) is 0 Å². The summed E-state index contributed by atoms with van der Waals surface area (Å²) >= 11 is 0. The van der Waals surface area contributed by atoms with Crippen LogP contribution in [0.15, 0.2) is 24.3 Å². The second-order valence-corrected chi connectivity index (χ2v) is 11.7. The smallest absolute Gasteiger partial charge is 0.320 e. The van der Waals surface area contributed by atoms with E-state index in [9.17, 15) is 17.6 Å². The van der Waals surface area contributed by atoms with Gasteiger partial charge in [-0.05, 0) is 69.2 Å². The van der Waals surface area contributed by atoms with Crippen LogP contribution in [0, 0.1) is 11.7 Å². The van der Waals surface area contributed by atoms with Crippen molar-refractivity contribution in [1.29, 1.82) is 0 Å². The summed E-state index contributed by atoms with van der Waals surface area (Å²) in [6.45, 7) is 1.60. The third-order valence-electron chi connectivity index (χ3n) is 7.32. The van der Waals surface area contributed by atoms with Crippen molar-refractivity contribution in [2.24, 2.45) is 5.92 Å². The number of rotatable bonds is 7. The van der Waals surface area contributed by atoms with Gasteiger partial charge in [0.15, 0.2) is 0 Å². The molecule has 1 aromatic rings. The molecule has 166 valence electrons. The lowest BCUT2D eigenvalue weighted by Crippen LogP contribution is -2.55. The molecule has 2 aliphatic carbocycles. The number of halogens is 1. The molecule has 3 fully saturated rings. The zero-order chi connectivity index (χ0) is 21.6. The van der Waals surface area contributed by atoms with E-state index in [0.717, 1.165) is 50.6 Å². The van der Waals surface area contributed by atoms with Crippen LogP contribution in [0.25, 0.3) is 0 Å². The maximum atomic E-state index is 13.9. The molecule has 1 spiro atoms. The Morgan fingerprint density at radius 3 is 2.47 bits per heavy atom. The van der Waals surface area contributed by atoms with Crippen LogP contribution in [0.3, 0.4) is 0 Å². The Morgan fingerprint density at radius 1 is 1.20 bits per heavy atom. The van der Waals surface area contributed by atoms with Gasteiger partial charge in [-0.1, -0.05) is 12.1 Å². The number of amides is 2. The zero-order valence-electron chi connectivity index (χ0n) is 17.9. The third kappa shape index (κ3) is 4.21. The Kier molecular flexibility index (Phi) is 5.60. The van der Waals surface area contributed by atoms with Gasteiger partial charge in [-0.15, -0.1) is 0 Å². The lowest BCUT2D eigenvalue weighted by Gasteiger charge is -2.48. The lowest BCUT2D eigenvalue weighted by molar-refractivity contribution is 0.0748. The first kappa shape index (κ1) is 21.6.